The van der Waals surface area contributed by atoms with Crippen LogP contribution in [0.3, 0.4) is 0 Å². The summed E-state index contributed by atoms with van der Waals surface area (Å²) in [5.74, 6) is -0.340. The molecule has 1 fully saturated rings. The van der Waals surface area contributed by atoms with Crippen molar-refractivity contribution >= 4 is 11.9 Å². The fraction of sp³-hybridized carbons (Fsp3) is 0.818. The van der Waals surface area contributed by atoms with Gasteiger partial charge in [-0.15, -0.1) is 0 Å². The monoisotopic (exact) mass is 213 g/mol. The van der Waals surface area contributed by atoms with Crippen molar-refractivity contribution in [2.75, 3.05) is 13.1 Å². The minimum absolute atomic E-state index is 0.0841. The van der Waals surface area contributed by atoms with Crippen LogP contribution in [0.15, 0.2) is 0 Å². The van der Waals surface area contributed by atoms with Crippen LogP contribution in [0.25, 0.3) is 0 Å². The Morgan fingerprint density at radius 2 is 2.07 bits per heavy atom. The third-order valence-electron chi connectivity index (χ3n) is 2.88. The summed E-state index contributed by atoms with van der Waals surface area (Å²) in [5.41, 5.74) is 0. The molecule has 15 heavy (non-hydrogen) atoms. The SMILES string of the molecule is CCCC(C)C(=O)N1CC(CC(=O)O)C1. The Balaban J connectivity index is 2.26. The summed E-state index contributed by atoms with van der Waals surface area (Å²) in [6.45, 7) is 5.25. The fourth-order valence-electron chi connectivity index (χ4n) is 1.99. The van der Waals surface area contributed by atoms with E-state index in [4.69, 9.17) is 5.11 Å². The van der Waals surface area contributed by atoms with Crippen molar-refractivity contribution in [2.45, 2.75) is 33.1 Å². The number of carboxylic acid groups (broad SMARTS) is 1. The summed E-state index contributed by atoms with van der Waals surface area (Å²) < 4.78 is 0. The molecule has 0 spiro atoms. The number of nitrogens with zero attached hydrogens (tertiary/aromatic N) is 1. The van der Waals surface area contributed by atoms with Gasteiger partial charge in [0.15, 0.2) is 0 Å². The topological polar surface area (TPSA) is 57.6 Å². The van der Waals surface area contributed by atoms with Crippen molar-refractivity contribution in [3.8, 4) is 0 Å². The zero-order valence-corrected chi connectivity index (χ0v) is 9.40. The van der Waals surface area contributed by atoms with Crippen LogP contribution in [-0.4, -0.2) is 35.0 Å². The Labute approximate surface area is 90.3 Å². The third-order valence-corrected chi connectivity index (χ3v) is 2.88. The molecule has 0 saturated carbocycles. The second-order valence-corrected chi connectivity index (χ2v) is 4.40. The second kappa shape index (κ2) is 5.14. The van der Waals surface area contributed by atoms with Crippen molar-refractivity contribution in [3.63, 3.8) is 0 Å². The molecule has 0 aliphatic carbocycles. The molecule has 1 atom stereocenters. The van der Waals surface area contributed by atoms with E-state index in [9.17, 15) is 9.59 Å². The van der Waals surface area contributed by atoms with Gasteiger partial charge in [-0.25, -0.2) is 0 Å². The van der Waals surface area contributed by atoms with Crippen molar-refractivity contribution in [2.24, 2.45) is 11.8 Å². The first-order valence-electron chi connectivity index (χ1n) is 5.55. The number of rotatable bonds is 5. The van der Waals surface area contributed by atoms with Gasteiger partial charge in [0.25, 0.3) is 0 Å². The molecular formula is C11H19NO3. The number of aliphatic carboxylic acids is 1. The van der Waals surface area contributed by atoms with Crippen LogP contribution < -0.4 is 0 Å². The van der Waals surface area contributed by atoms with Gasteiger partial charge in [0, 0.05) is 24.9 Å². The largest absolute Gasteiger partial charge is 0.481 e. The van der Waals surface area contributed by atoms with Gasteiger partial charge < -0.3 is 10.0 Å². The molecule has 0 aromatic rings. The van der Waals surface area contributed by atoms with Gasteiger partial charge in [0.1, 0.15) is 0 Å². The molecule has 0 aromatic carbocycles. The van der Waals surface area contributed by atoms with E-state index in [1.807, 2.05) is 6.92 Å². The van der Waals surface area contributed by atoms with E-state index in [1.54, 1.807) is 4.90 Å². The Morgan fingerprint density at radius 1 is 1.47 bits per heavy atom. The van der Waals surface area contributed by atoms with E-state index < -0.39 is 5.97 Å². The van der Waals surface area contributed by atoms with E-state index in [1.165, 1.54) is 0 Å². The highest BCUT2D eigenvalue weighted by molar-refractivity contribution is 5.79. The van der Waals surface area contributed by atoms with Crippen LogP contribution in [0.5, 0.6) is 0 Å². The maximum atomic E-state index is 11.7. The zero-order valence-electron chi connectivity index (χ0n) is 9.40. The van der Waals surface area contributed by atoms with Gasteiger partial charge in [-0.3, -0.25) is 9.59 Å². The first-order chi connectivity index (χ1) is 7.04. The molecule has 1 heterocycles. The summed E-state index contributed by atoms with van der Waals surface area (Å²) in [6, 6.07) is 0. The smallest absolute Gasteiger partial charge is 0.303 e. The molecule has 86 valence electrons. The number of carbonyl (C=O) groups excluding carboxylic acids is 1. The summed E-state index contributed by atoms with van der Waals surface area (Å²) in [6.07, 6.45) is 2.12. The van der Waals surface area contributed by atoms with Crippen molar-refractivity contribution in [1.29, 1.82) is 0 Å². The lowest BCUT2D eigenvalue weighted by Gasteiger charge is -2.40. The molecule has 0 bridgehead atoms. The van der Waals surface area contributed by atoms with Crippen LogP contribution in [0.2, 0.25) is 0 Å². The van der Waals surface area contributed by atoms with E-state index in [-0.39, 0.29) is 24.2 Å². The molecule has 1 N–H and O–H groups in total. The highest BCUT2D eigenvalue weighted by Crippen LogP contribution is 2.22. The summed E-state index contributed by atoms with van der Waals surface area (Å²) in [5, 5.41) is 8.56. The van der Waals surface area contributed by atoms with Gasteiger partial charge in [0.2, 0.25) is 5.91 Å². The molecule has 1 aliphatic rings. The average Bonchev–Trinajstić information content (AvgIpc) is 2.09. The highest BCUT2D eigenvalue weighted by atomic mass is 16.4. The Hall–Kier alpha value is -1.06. The zero-order chi connectivity index (χ0) is 11.4. The number of carboxylic acids is 1. The summed E-state index contributed by atoms with van der Waals surface area (Å²) in [4.78, 5) is 23.9. The number of hydrogen-bond acceptors (Lipinski definition) is 2. The van der Waals surface area contributed by atoms with Gasteiger partial charge >= 0.3 is 5.97 Å². The third kappa shape index (κ3) is 3.22. The quantitative estimate of drug-likeness (QED) is 0.750. The van der Waals surface area contributed by atoms with E-state index in [0.29, 0.717) is 13.1 Å². The lowest BCUT2D eigenvalue weighted by molar-refractivity contribution is -0.147. The minimum Gasteiger partial charge on any atom is -0.481 e. The molecule has 4 heteroatoms. The predicted molar refractivity (Wildman–Crippen MR) is 56.4 cm³/mol. The van der Waals surface area contributed by atoms with Crippen LogP contribution in [0.1, 0.15) is 33.1 Å². The normalized spacial score (nSPS) is 18.4. The van der Waals surface area contributed by atoms with Crippen LogP contribution in [0, 0.1) is 11.8 Å². The molecule has 0 radical (unpaired) electrons. The molecule has 1 unspecified atom stereocenters. The first kappa shape index (κ1) is 12.0. The maximum absolute atomic E-state index is 11.7. The predicted octanol–water partition coefficient (Wildman–Crippen LogP) is 1.36. The van der Waals surface area contributed by atoms with Gasteiger partial charge in [-0.05, 0) is 6.42 Å². The van der Waals surface area contributed by atoms with Gasteiger partial charge in [0.05, 0.1) is 6.42 Å². The van der Waals surface area contributed by atoms with Gasteiger partial charge in [-0.1, -0.05) is 20.3 Å². The van der Waals surface area contributed by atoms with Crippen LogP contribution in [-0.2, 0) is 9.59 Å². The number of amides is 1. The number of likely N-dealkylation sites (tertiary alicyclic amines) is 1. The van der Waals surface area contributed by atoms with Crippen LogP contribution in [0.4, 0.5) is 0 Å². The second-order valence-electron chi connectivity index (χ2n) is 4.40. The molecule has 0 aromatic heterocycles. The summed E-state index contributed by atoms with van der Waals surface area (Å²) >= 11 is 0. The van der Waals surface area contributed by atoms with Crippen molar-refractivity contribution < 1.29 is 14.7 Å². The molecule has 4 nitrogen and oxygen atoms in total. The number of carbonyl (C=O) groups is 2. The standard InChI is InChI=1S/C11H19NO3/c1-3-4-8(2)11(15)12-6-9(7-12)5-10(13)14/h8-9H,3-7H2,1-2H3,(H,13,14). The Bertz CT molecular complexity index is 246. The highest BCUT2D eigenvalue weighted by Gasteiger charge is 2.33. The Kier molecular flexibility index (Phi) is 4.12. The average molecular weight is 213 g/mol. The van der Waals surface area contributed by atoms with Crippen molar-refractivity contribution in [3.05, 3.63) is 0 Å². The van der Waals surface area contributed by atoms with Crippen LogP contribution >= 0.6 is 0 Å². The molecular weight excluding hydrogens is 194 g/mol. The van der Waals surface area contributed by atoms with E-state index in [2.05, 4.69) is 6.92 Å². The minimum atomic E-state index is -0.770. The molecule has 1 saturated heterocycles. The summed E-state index contributed by atoms with van der Waals surface area (Å²) in [7, 11) is 0. The van der Waals surface area contributed by atoms with Gasteiger partial charge in [-0.2, -0.15) is 0 Å². The lowest BCUT2D eigenvalue weighted by atomic mass is 9.93. The lowest BCUT2D eigenvalue weighted by Crippen LogP contribution is -2.52. The van der Waals surface area contributed by atoms with E-state index in [0.717, 1.165) is 12.8 Å². The molecule has 1 amide bonds. The molecule has 1 aliphatic heterocycles. The molecule has 1 rings (SSSR count). The van der Waals surface area contributed by atoms with Crippen molar-refractivity contribution in [1.82, 2.24) is 4.90 Å². The first-order valence-corrected chi connectivity index (χ1v) is 5.55. The number of hydrogen-bond donors (Lipinski definition) is 1. The Morgan fingerprint density at radius 3 is 2.53 bits per heavy atom. The fourth-order valence-corrected chi connectivity index (χ4v) is 1.99. The maximum Gasteiger partial charge on any atom is 0.303 e. The van der Waals surface area contributed by atoms with E-state index >= 15 is 0 Å².